The molecule has 0 saturated carbocycles. The molecule has 1 saturated heterocycles. The van der Waals surface area contributed by atoms with Crippen LogP contribution in [0.5, 0.6) is 0 Å². The Hall–Kier alpha value is -1.98. The molecule has 1 atom stereocenters. The summed E-state index contributed by atoms with van der Waals surface area (Å²) < 4.78 is 26.2. The number of benzene rings is 1. The molecule has 0 aliphatic carbocycles. The Morgan fingerprint density at radius 1 is 1.47 bits per heavy atom. The van der Waals surface area contributed by atoms with Crippen LogP contribution in [0.25, 0.3) is 0 Å². The molecule has 0 radical (unpaired) electrons. The molecule has 1 fully saturated rings. The fourth-order valence-electron chi connectivity index (χ4n) is 2.05. The molecule has 1 aliphatic heterocycles. The molecule has 1 unspecified atom stereocenters. The Morgan fingerprint density at radius 2 is 2.21 bits per heavy atom. The van der Waals surface area contributed by atoms with E-state index >= 15 is 0 Å². The van der Waals surface area contributed by atoms with E-state index in [1.165, 1.54) is 11.0 Å². The normalized spacial score (nSPS) is 19.2. The molecule has 2 rings (SSSR count). The minimum atomic E-state index is -0.748. The van der Waals surface area contributed by atoms with Gasteiger partial charge in [-0.05, 0) is 18.6 Å². The van der Waals surface area contributed by atoms with Crippen molar-refractivity contribution in [1.29, 1.82) is 0 Å². The third-order valence-electron chi connectivity index (χ3n) is 3.18. The minimum Gasteiger partial charge on any atom is -0.353 e. The number of nitrogens with zero attached hydrogens (tertiary/aromatic N) is 1. The van der Waals surface area contributed by atoms with E-state index in [2.05, 4.69) is 5.32 Å². The predicted molar refractivity (Wildman–Crippen MR) is 64.2 cm³/mol. The molecule has 2 amide bonds. The molecule has 19 heavy (non-hydrogen) atoms. The number of hydrogen-bond donors (Lipinski definition) is 1. The maximum Gasteiger partial charge on any atom is 0.242 e. The second-order valence-corrected chi connectivity index (χ2v) is 4.47. The molecule has 1 aliphatic rings. The largest absolute Gasteiger partial charge is 0.353 e. The van der Waals surface area contributed by atoms with Crippen molar-refractivity contribution in [2.24, 2.45) is 0 Å². The lowest BCUT2D eigenvalue weighted by Crippen LogP contribution is -2.56. The van der Waals surface area contributed by atoms with Gasteiger partial charge in [0.05, 0.1) is 6.42 Å². The third kappa shape index (κ3) is 2.89. The quantitative estimate of drug-likeness (QED) is 0.864. The Morgan fingerprint density at radius 3 is 2.89 bits per heavy atom. The first kappa shape index (κ1) is 13.5. The van der Waals surface area contributed by atoms with Gasteiger partial charge in [-0.3, -0.25) is 9.59 Å². The summed E-state index contributed by atoms with van der Waals surface area (Å²) in [6, 6.07) is 2.54. The van der Waals surface area contributed by atoms with Gasteiger partial charge < -0.3 is 10.2 Å². The Balaban J connectivity index is 2.10. The summed E-state index contributed by atoms with van der Waals surface area (Å²) in [4.78, 5) is 24.9. The van der Waals surface area contributed by atoms with E-state index in [4.69, 9.17) is 0 Å². The minimum absolute atomic E-state index is 0.129. The van der Waals surface area contributed by atoms with E-state index in [1.54, 1.807) is 6.92 Å². The SMILES string of the molecule is CC1C(=O)NCCN1C(=O)Cc1ccc(F)cc1F. The molecule has 0 aromatic heterocycles. The van der Waals surface area contributed by atoms with Gasteiger partial charge in [-0.1, -0.05) is 6.07 Å². The molecule has 6 heteroatoms. The molecule has 1 heterocycles. The van der Waals surface area contributed by atoms with Crippen LogP contribution in [0.3, 0.4) is 0 Å². The summed E-state index contributed by atoms with van der Waals surface area (Å²) in [6.45, 7) is 2.41. The summed E-state index contributed by atoms with van der Waals surface area (Å²) >= 11 is 0. The number of carbonyl (C=O) groups is 2. The number of halogens is 2. The highest BCUT2D eigenvalue weighted by Gasteiger charge is 2.29. The van der Waals surface area contributed by atoms with Crippen LogP contribution >= 0.6 is 0 Å². The van der Waals surface area contributed by atoms with Crippen LogP contribution < -0.4 is 5.32 Å². The van der Waals surface area contributed by atoms with Crippen LogP contribution in [-0.2, 0) is 16.0 Å². The van der Waals surface area contributed by atoms with Crippen molar-refractivity contribution < 1.29 is 18.4 Å². The van der Waals surface area contributed by atoms with E-state index in [0.29, 0.717) is 13.1 Å². The van der Waals surface area contributed by atoms with Crippen molar-refractivity contribution >= 4 is 11.8 Å². The second kappa shape index (κ2) is 5.34. The van der Waals surface area contributed by atoms with Crippen LogP contribution in [0.15, 0.2) is 18.2 Å². The third-order valence-corrected chi connectivity index (χ3v) is 3.18. The van der Waals surface area contributed by atoms with E-state index in [-0.39, 0.29) is 23.8 Å². The number of hydrogen-bond acceptors (Lipinski definition) is 2. The molecular weight excluding hydrogens is 254 g/mol. The van der Waals surface area contributed by atoms with Gasteiger partial charge in [-0.25, -0.2) is 8.78 Å². The van der Waals surface area contributed by atoms with Crippen molar-refractivity contribution in [2.45, 2.75) is 19.4 Å². The van der Waals surface area contributed by atoms with Crippen LogP contribution in [-0.4, -0.2) is 35.8 Å². The number of carbonyl (C=O) groups excluding carboxylic acids is 2. The molecule has 1 aromatic rings. The van der Waals surface area contributed by atoms with Crippen LogP contribution in [0.4, 0.5) is 8.78 Å². The van der Waals surface area contributed by atoms with Crippen LogP contribution in [0.1, 0.15) is 12.5 Å². The monoisotopic (exact) mass is 268 g/mol. The lowest BCUT2D eigenvalue weighted by Gasteiger charge is -2.32. The average Bonchev–Trinajstić information content (AvgIpc) is 2.36. The summed E-state index contributed by atoms with van der Waals surface area (Å²) in [5, 5.41) is 2.64. The summed E-state index contributed by atoms with van der Waals surface area (Å²) in [7, 11) is 0. The highest BCUT2D eigenvalue weighted by atomic mass is 19.1. The molecule has 102 valence electrons. The molecular formula is C13H14F2N2O2. The highest BCUT2D eigenvalue weighted by molar-refractivity contribution is 5.89. The topological polar surface area (TPSA) is 49.4 Å². The van der Waals surface area contributed by atoms with Gasteiger partial charge in [0.15, 0.2) is 0 Å². The van der Waals surface area contributed by atoms with Gasteiger partial charge in [0.25, 0.3) is 0 Å². The zero-order chi connectivity index (χ0) is 14.0. The number of amides is 2. The van der Waals surface area contributed by atoms with Crippen molar-refractivity contribution in [3.05, 3.63) is 35.4 Å². The molecule has 1 aromatic carbocycles. The number of rotatable bonds is 2. The van der Waals surface area contributed by atoms with Crippen molar-refractivity contribution in [3.63, 3.8) is 0 Å². The lowest BCUT2D eigenvalue weighted by molar-refractivity contribution is -0.142. The van der Waals surface area contributed by atoms with Gasteiger partial charge in [0, 0.05) is 19.2 Å². The first-order valence-corrected chi connectivity index (χ1v) is 6.00. The average molecular weight is 268 g/mol. The van der Waals surface area contributed by atoms with Crippen LogP contribution in [0.2, 0.25) is 0 Å². The highest BCUT2D eigenvalue weighted by Crippen LogP contribution is 2.13. The van der Waals surface area contributed by atoms with Gasteiger partial charge in [-0.2, -0.15) is 0 Å². The molecule has 4 nitrogen and oxygen atoms in total. The van der Waals surface area contributed by atoms with E-state index in [1.807, 2.05) is 0 Å². The molecule has 0 bridgehead atoms. The summed E-state index contributed by atoms with van der Waals surface area (Å²) in [5.41, 5.74) is 0.129. The standard InChI is InChI=1S/C13H14F2N2O2/c1-8-13(19)16-4-5-17(8)12(18)6-9-2-3-10(14)7-11(9)15/h2-3,7-8H,4-6H2,1H3,(H,16,19). The van der Waals surface area contributed by atoms with E-state index < -0.39 is 17.7 Å². The van der Waals surface area contributed by atoms with Crippen LogP contribution in [0, 0.1) is 11.6 Å². The summed E-state index contributed by atoms with van der Waals surface area (Å²) in [6.07, 6.45) is -0.177. The smallest absolute Gasteiger partial charge is 0.242 e. The van der Waals surface area contributed by atoms with Gasteiger partial charge in [0.2, 0.25) is 11.8 Å². The molecule has 1 N–H and O–H groups in total. The number of nitrogens with one attached hydrogen (secondary N) is 1. The lowest BCUT2D eigenvalue weighted by atomic mass is 10.1. The maximum atomic E-state index is 13.5. The van der Waals surface area contributed by atoms with Gasteiger partial charge in [0.1, 0.15) is 17.7 Å². The predicted octanol–water partition coefficient (Wildman–Crippen LogP) is 0.854. The van der Waals surface area contributed by atoms with Gasteiger partial charge >= 0.3 is 0 Å². The summed E-state index contributed by atoms with van der Waals surface area (Å²) in [5.74, 6) is -1.99. The fourth-order valence-corrected chi connectivity index (χ4v) is 2.05. The van der Waals surface area contributed by atoms with Gasteiger partial charge in [-0.15, -0.1) is 0 Å². The second-order valence-electron chi connectivity index (χ2n) is 4.47. The Bertz CT molecular complexity index is 519. The first-order valence-electron chi connectivity index (χ1n) is 6.00. The molecule has 0 spiro atoms. The fraction of sp³-hybridized carbons (Fsp3) is 0.385. The number of piperazine rings is 1. The van der Waals surface area contributed by atoms with E-state index in [0.717, 1.165) is 12.1 Å². The first-order chi connectivity index (χ1) is 8.99. The van der Waals surface area contributed by atoms with Crippen molar-refractivity contribution in [3.8, 4) is 0 Å². The van der Waals surface area contributed by atoms with E-state index in [9.17, 15) is 18.4 Å². The van der Waals surface area contributed by atoms with Crippen molar-refractivity contribution in [2.75, 3.05) is 13.1 Å². The Labute approximate surface area is 109 Å². The Kier molecular flexibility index (Phi) is 3.78. The maximum absolute atomic E-state index is 13.5. The van der Waals surface area contributed by atoms with Crippen molar-refractivity contribution in [1.82, 2.24) is 10.2 Å². The zero-order valence-corrected chi connectivity index (χ0v) is 10.5. The zero-order valence-electron chi connectivity index (χ0n) is 10.5.